The van der Waals surface area contributed by atoms with E-state index in [-0.39, 0.29) is 35.8 Å². The first kappa shape index (κ1) is 25.1. The summed E-state index contributed by atoms with van der Waals surface area (Å²) in [5, 5.41) is 2.69. The quantitative estimate of drug-likeness (QED) is 0.267. The molecule has 1 amide bonds. The molecule has 37 heavy (non-hydrogen) atoms. The van der Waals surface area contributed by atoms with Gasteiger partial charge in [0.15, 0.2) is 11.5 Å². The summed E-state index contributed by atoms with van der Waals surface area (Å²) in [5.41, 5.74) is 2.10. The highest BCUT2D eigenvalue weighted by atomic mass is 16.6. The third kappa shape index (κ3) is 7.46. The minimum Gasteiger partial charge on any atom is -0.445 e. The number of carbonyl (C=O) groups is 3. The number of alkyl carbamates (subject to hydrolysis) is 1. The maximum absolute atomic E-state index is 12.6. The average Bonchev–Trinajstić information content (AvgIpc) is 2.94. The van der Waals surface area contributed by atoms with Crippen LogP contribution in [-0.2, 0) is 17.8 Å². The molecule has 0 aliphatic heterocycles. The molecule has 0 saturated carbocycles. The smallest absolute Gasteiger partial charge is 0.407 e. The van der Waals surface area contributed by atoms with E-state index in [4.69, 9.17) is 14.2 Å². The van der Waals surface area contributed by atoms with Gasteiger partial charge in [0, 0.05) is 31.3 Å². The zero-order valence-corrected chi connectivity index (χ0v) is 19.7. The topological polar surface area (TPSA) is 117 Å². The van der Waals surface area contributed by atoms with Crippen molar-refractivity contribution < 1.29 is 28.6 Å². The first-order valence-corrected chi connectivity index (χ1v) is 11.4. The number of benzene rings is 2. The Morgan fingerprint density at radius 1 is 0.703 bits per heavy atom. The molecule has 0 fully saturated rings. The Bertz CT molecular complexity index is 1350. The molecule has 0 saturated heterocycles. The molecular weight excluding hydrogens is 474 g/mol. The fourth-order valence-electron chi connectivity index (χ4n) is 3.24. The highest BCUT2D eigenvalue weighted by molar-refractivity contribution is 5.92. The van der Waals surface area contributed by atoms with Crippen LogP contribution < -0.4 is 14.8 Å². The first-order valence-electron chi connectivity index (χ1n) is 11.4. The van der Waals surface area contributed by atoms with Gasteiger partial charge in [-0.15, -0.1) is 0 Å². The van der Waals surface area contributed by atoms with Crippen molar-refractivity contribution >= 4 is 18.0 Å². The van der Waals surface area contributed by atoms with Gasteiger partial charge in [-0.2, -0.15) is 0 Å². The lowest BCUT2D eigenvalue weighted by Crippen LogP contribution is -2.26. The van der Waals surface area contributed by atoms with Gasteiger partial charge >= 0.3 is 18.0 Å². The number of amides is 1. The zero-order valence-electron chi connectivity index (χ0n) is 19.7. The number of rotatable bonds is 9. The molecule has 0 spiro atoms. The van der Waals surface area contributed by atoms with Crippen molar-refractivity contribution in [1.82, 2.24) is 15.3 Å². The molecule has 0 aliphatic rings. The largest absolute Gasteiger partial charge is 0.445 e. The summed E-state index contributed by atoms with van der Waals surface area (Å²) in [7, 11) is 0. The van der Waals surface area contributed by atoms with Gasteiger partial charge < -0.3 is 19.5 Å². The zero-order chi connectivity index (χ0) is 25.9. The summed E-state index contributed by atoms with van der Waals surface area (Å²) in [5.74, 6) is -1.20. The van der Waals surface area contributed by atoms with Crippen LogP contribution in [0.15, 0.2) is 97.6 Å². The van der Waals surface area contributed by atoms with Crippen molar-refractivity contribution in [3.8, 4) is 11.5 Å². The van der Waals surface area contributed by atoms with E-state index in [1.54, 1.807) is 36.4 Å². The highest BCUT2D eigenvalue weighted by Gasteiger charge is 2.17. The van der Waals surface area contributed by atoms with Crippen LogP contribution >= 0.6 is 0 Å². The molecule has 0 unspecified atom stereocenters. The van der Waals surface area contributed by atoms with E-state index in [0.717, 1.165) is 11.1 Å². The Morgan fingerprint density at radius 3 is 1.97 bits per heavy atom. The Labute approximate surface area is 213 Å². The van der Waals surface area contributed by atoms with Crippen molar-refractivity contribution in [2.24, 2.45) is 0 Å². The second-order valence-electron chi connectivity index (χ2n) is 7.78. The lowest BCUT2D eigenvalue weighted by molar-refractivity contribution is 0.0681. The van der Waals surface area contributed by atoms with E-state index in [0.29, 0.717) is 6.42 Å². The van der Waals surface area contributed by atoms with E-state index in [9.17, 15) is 14.4 Å². The number of nitrogens with zero attached hydrogens (tertiary/aromatic N) is 2. The standard InChI is InChI=1S/C28H23N3O6/c32-26(22-8-4-13-29-17-22)36-24-11-10-20(16-25(24)37-27(33)23-9-5-14-30-18-23)12-15-31-28(34)35-19-21-6-2-1-3-7-21/h1-11,13-14,16-18H,12,15,19H2,(H,31,34). The lowest BCUT2D eigenvalue weighted by Gasteiger charge is -2.13. The fraction of sp³-hybridized carbons (Fsp3) is 0.107. The van der Waals surface area contributed by atoms with E-state index >= 15 is 0 Å². The number of aromatic nitrogens is 2. The minimum atomic E-state index is -0.661. The molecule has 9 heteroatoms. The third-order valence-electron chi connectivity index (χ3n) is 5.10. The number of hydrogen-bond acceptors (Lipinski definition) is 8. The number of hydrogen-bond donors (Lipinski definition) is 1. The van der Waals surface area contributed by atoms with E-state index in [1.165, 1.54) is 30.9 Å². The van der Waals surface area contributed by atoms with Crippen LogP contribution in [0.3, 0.4) is 0 Å². The summed E-state index contributed by atoms with van der Waals surface area (Å²) in [4.78, 5) is 45.0. The normalized spacial score (nSPS) is 10.3. The van der Waals surface area contributed by atoms with Crippen molar-refractivity contribution in [3.63, 3.8) is 0 Å². The van der Waals surface area contributed by atoms with Crippen molar-refractivity contribution in [3.05, 3.63) is 120 Å². The molecule has 0 aliphatic carbocycles. The number of pyridine rings is 2. The van der Waals surface area contributed by atoms with Crippen LogP contribution in [0, 0.1) is 0 Å². The molecule has 4 rings (SSSR count). The van der Waals surface area contributed by atoms with Crippen LogP contribution in [0.2, 0.25) is 0 Å². The second-order valence-corrected chi connectivity index (χ2v) is 7.78. The SMILES string of the molecule is O=C(NCCc1ccc(OC(=O)c2cccnc2)c(OC(=O)c2cccnc2)c1)OCc1ccccc1. The van der Waals surface area contributed by atoms with Gasteiger partial charge in [-0.1, -0.05) is 36.4 Å². The molecular formula is C28H23N3O6. The van der Waals surface area contributed by atoms with Gasteiger partial charge in [0.05, 0.1) is 11.1 Å². The molecule has 9 nitrogen and oxygen atoms in total. The number of carbonyl (C=O) groups excluding carboxylic acids is 3. The number of ether oxygens (including phenoxy) is 3. The minimum absolute atomic E-state index is 0.0512. The van der Waals surface area contributed by atoms with Gasteiger partial charge in [0.2, 0.25) is 0 Å². The van der Waals surface area contributed by atoms with Crippen LogP contribution in [0.1, 0.15) is 31.8 Å². The molecule has 186 valence electrons. The predicted octanol–water partition coefficient (Wildman–Crippen LogP) is 4.38. The summed E-state index contributed by atoms with van der Waals surface area (Å²) in [6, 6.07) is 20.5. The van der Waals surface area contributed by atoms with E-state index < -0.39 is 18.0 Å². The second kappa shape index (κ2) is 12.6. The molecule has 2 aromatic heterocycles. The number of esters is 2. The molecule has 2 aromatic carbocycles. The van der Waals surface area contributed by atoms with Gasteiger partial charge in [0.1, 0.15) is 6.61 Å². The van der Waals surface area contributed by atoms with Crippen molar-refractivity contribution in [1.29, 1.82) is 0 Å². The predicted molar refractivity (Wildman–Crippen MR) is 133 cm³/mol. The summed E-state index contributed by atoms with van der Waals surface area (Å²) in [6.07, 6.45) is 5.69. The van der Waals surface area contributed by atoms with E-state index in [1.807, 2.05) is 30.3 Å². The van der Waals surface area contributed by atoms with Gasteiger partial charge in [-0.25, -0.2) is 14.4 Å². The van der Waals surface area contributed by atoms with Crippen molar-refractivity contribution in [2.75, 3.05) is 6.54 Å². The summed E-state index contributed by atoms with van der Waals surface area (Å²) < 4.78 is 16.2. The Morgan fingerprint density at radius 2 is 1.35 bits per heavy atom. The molecule has 4 aromatic rings. The van der Waals surface area contributed by atoms with Gasteiger partial charge in [-0.3, -0.25) is 9.97 Å². The first-order chi connectivity index (χ1) is 18.1. The molecule has 1 N–H and O–H groups in total. The van der Waals surface area contributed by atoms with Crippen LogP contribution in [-0.4, -0.2) is 34.5 Å². The molecule has 0 radical (unpaired) electrons. The van der Waals surface area contributed by atoms with Crippen LogP contribution in [0.5, 0.6) is 11.5 Å². The molecule has 0 bridgehead atoms. The Hall–Kier alpha value is -5.05. The number of nitrogens with one attached hydrogen (secondary N) is 1. The summed E-state index contributed by atoms with van der Waals surface area (Å²) >= 11 is 0. The lowest BCUT2D eigenvalue weighted by atomic mass is 10.1. The third-order valence-corrected chi connectivity index (χ3v) is 5.10. The van der Waals surface area contributed by atoms with Crippen molar-refractivity contribution in [2.45, 2.75) is 13.0 Å². The van der Waals surface area contributed by atoms with Crippen LogP contribution in [0.25, 0.3) is 0 Å². The monoisotopic (exact) mass is 497 g/mol. The van der Waals surface area contributed by atoms with E-state index in [2.05, 4.69) is 15.3 Å². The highest BCUT2D eigenvalue weighted by Crippen LogP contribution is 2.30. The van der Waals surface area contributed by atoms with Crippen LogP contribution in [0.4, 0.5) is 4.79 Å². The average molecular weight is 498 g/mol. The summed E-state index contributed by atoms with van der Waals surface area (Å²) in [6.45, 7) is 0.441. The van der Waals surface area contributed by atoms with Gasteiger partial charge in [0.25, 0.3) is 0 Å². The molecule has 0 atom stereocenters. The maximum atomic E-state index is 12.6. The van der Waals surface area contributed by atoms with Gasteiger partial charge in [-0.05, 0) is 53.9 Å². The fourth-order valence-corrected chi connectivity index (χ4v) is 3.24. The Kier molecular flexibility index (Phi) is 8.53. The Balaban J connectivity index is 1.42. The molecule has 2 heterocycles. The maximum Gasteiger partial charge on any atom is 0.407 e.